The largest absolute Gasteiger partial charge is 0.497 e. The van der Waals surface area contributed by atoms with Gasteiger partial charge in [0.25, 0.3) is 5.91 Å². The van der Waals surface area contributed by atoms with Crippen molar-refractivity contribution >= 4 is 34.0 Å². The van der Waals surface area contributed by atoms with Gasteiger partial charge in [-0.2, -0.15) is 5.10 Å². The molecule has 142 valence electrons. The highest BCUT2D eigenvalue weighted by Gasteiger charge is 2.15. The summed E-state index contributed by atoms with van der Waals surface area (Å²) >= 11 is 3.36. The smallest absolute Gasteiger partial charge is 0.308 e. The van der Waals surface area contributed by atoms with E-state index in [1.54, 1.807) is 31.2 Å². The summed E-state index contributed by atoms with van der Waals surface area (Å²) < 4.78 is 16.6. The lowest BCUT2D eigenvalue weighted by Gasteiger charge is -2.14. The zero-order chi connectivity index (χ0) is 19.8. The fourth-order valence-electron chi connectivity index (χ4n) is 2.04. The van der Waals surface area contributed by atoms with E-state index >= 15 is 0 Å². The third kappa shape index (κ3) is 6.10. The number of carbonyl (C=O) groups is 2. The van der Waals surface area contributed by atoms with E-state index in [4.69, 9.17) is 14.2 Å². The molecule has 1 N–H and O–H groups in total. The molecule has 2 rings (SSSR count). The van der Waals surface area contributed by atoms with Crippen LogP contribution in [-0.4, -0.2) is 31.3 Å². The molecule has 2 aromatic rings. The van der Waals surface area contributed by atoms with E-state index in [9.17, 15) is 9.59 Å². The second-order valence-corrected chi connectivity index (χ2v) is 6.28. The van der Waals surface area contributed by atoms with Crippen molar-refractivity contribution in [2.45, 2.75) is 20.0 Å². The van der Waals surface area contributed by atoms with Crippen molar-refractivity contribution in [1.29, 1.82) is 0 Å². The number of hydrogen-bond acceptors (Lipinski definition) is 6. The number of hydrogen-bond donors (Lipinski definition) is 1. The fourth-order valence-corrected chi connectivity index (χ4v) is 2.42. The first kappa shape index (κ1) is 20.4. The van der Waals surface area contributed by atoms with Gasteiger partial charge in [0.05, 0.1) is 17.8 Å². The molecule has 0 aliphatic rings. The van der Waals surface area contributed by atoms with Crippen molar-refractivity contribution in [2.24, 2.45) is 5.10 Å². The normalized spacial score (nSPS) is 11.7. The Hall–Kier alpha value is -2.87. The van der Waals surface area contributed by atoms with E-state index < -0.39 is 18.0 Å². The summed E-state index contributed by atoms with van der Waals surface area (Å²) in [5.41, 5.74) is 2.87. The summed E-state index contributed by atoms with van der Waals surface area (Å²) in [5.74, 6) is 0.519. The van der Waals surface area contributed by atoms with Gasteiger partial charge in [0.1, 0.15) is 17.2 Å². The summed E-state index contributed by atoms with van der Waals surface area (Å²) in [6.45, 7) is 2.91. The molecule has 1 amide bonds. The van der Waals surface area contributed by atoms with Gasteiger partial charge in [-0.15, -0.1) is 0 Å². The highest BCUT2D eigenvalue weighted by molar-refractivity contribution is 9.10. The van der Waals surface area contributed by atoms with E-state index in [1.165, 1.54) is 20.2 Å². The number of amides is 1. The maximum absolute atomic E-state index is 12.2. The van der Waals surface area contributed by atoms with Crippen LogP contribution in [0.15, 0.2) is 52.0 Å². The highest BCUT2D eigenvalue weighted by atomic mass is 79.9. The number of methoxy groups -OCH3 is 1. The summed E-state index contributed by atoms with van der Waals surface area (Å²) in [4.78, 5) is 23.4. The lowest BCUT2D eigenvalue weighted by molar-refractivity contribution is -0.132. The molecule has 0 saturated carbocycles. The van der Waals surface area contributed by atoms with Crippen LogP contribution in [0.4, 0.5) is 0 Å². The second kappa shape index (κ2) is 9.72. The van der Waals surface area contributed by atoms with Crippen molar-refractivity contribution in [1.82, 2.24) is 5.43 Å². The third-order valence-corrected chi connectivity index (χ3v) is 4.01. The fraction of sp³-hybridized carbons (Fsp3) is 0.211. The lowest BCUT2D eigenvalue weighted by Crippen LogP contribution is -2.33. The van der Waals surface area contributed by atoms with Crippen LogP contribution in [0.25, 0.3) is 0 Å². The van der Waals surface area contributed by atoms with Gasteiger partial charge in [-0.3, -0.25) is 9.59 Å². The van der Waals surface area contributed by atoms with E-state index in [1.807, 2.05) is 18.2 Å². The number of nitrogens with one attached hydrogen (secondary N) is 1. The summed E-state index contributed by atoms with van der Waals surface area (Å²) in [5, 5.41) is 3.91. The number of hydrazone groups is 1. The van der Waals surface area contributed by atoms with E-state index in [2.05, 4.69) is 26.5 Å². The molecular weight excluding hydrogens is 416 g/mol. The Kier molecular flexibility index (Phi) is 7.36. The molecule has 7 nitrogen and oxygen atoms in total. The van der Waals surface area contributed by atoms with Crippen LogP contribution in [-0.2, 0) is 9.59 Å². The standard InChI is InChI=1S/C19H19BrN2O5/c1-12(26-18-7-5-4-6-16(18)20)19(24)22-21-11-14-10-15(25-3)8-9-17(14)27-13(2)23/h4-12H,1-3H3,(H,22,24)/b21-11+. The minimum absolute atomic E-state index is 0.304. The molecule has 0 heterocycles. The number of halogens is 1. The Labute approximate surface area is 165 Å². The molecule has 0 saturated heterocycles. The molecule has 0 fully saturated rings. The van der Waals surface area contributed by atoms with Crippen molar-refractivity contribution < 1.29 is 23.8 Å². The van der Waals surface area contributed by atoms with Gasteiger partial charge in [0.15, 0.2) is 6.10 Å². The van der Waals surface area contributed by atoms with Crippen molar-refractivity contribution in [2.75, 3.05) is 7.11 Å². The van der Waals surface area contributed by atoms with Gasteiger partial charge < -0.3 is 14.2 Å². The van der Waals surface area contributed by atoms with E-state index in [0.29, 0.717) is 22.8 Å². The van der Waals surface area contributed by atoms with Crippen LogP contribution in [0.3, 0.4) is 0 Å². The summed E-state index contributed by atoms with van der Waals surface area (Å²) in [7, 11) is 1.52. The van der Waals surface area contributed by atoms with Gasteiger partial charge in [-0.1, -0.05) is 12.1 Å². The van der Waals surface area contributed by atoms with Crippen LogP contribution >= 0.6 is 15.9 Å². The molecule has 0 bridgehead atoms. The first-order valence-corrected chi connectivity index (χ1v) is 8.80. The molecule has 0 aliphatic heterocycles. The number of ether oxygens (including phenoxy) is 3. The quantitative estimate of drug-likeness (QED) is 0.312. The predicted octanol–water partition coefficient (Wildman–Crippen LogP) is 3.30. The second-order valence-electron chi connectivity index (χ2n) is 5.42. The number of carbonyl (C=O) groups excluding carboxylic acids is 2. The Balaban J connectivity index is 2.04. The van der Waals surface area contributed by atoms with Gasteiger partial charge in [-0.05, 0) is 53.2 Å². The predicted molar refractivity (Wildman–Crippen MR) is 104 cm³/mol. The maximum atomic E-state index is 12.2. The molecule has 0 radical (unpaired) electrons. The van der Waals surface area contributed by atoms with E-state index in [-0.39, 0.29) is 0 Å². The lowest BCUT2D eigenvalue weighted by atomic mass is 10.2. The van der Waals surface area contributed by atoms with Gasteiger partial charge >= 0.3 is 5.97 Å². The zero-order valence-electron chi connectivity index (χ0n) is 15.1. The Bertz CT molecular complexity index is 854. The molecule has 0 spiro atoms. The summed E-state index contributed by atoms with van der Waals surface area (Å²) in [6, 6.07) is 12.1. The van der Waals surface area contributed by atoms with E-state index in [0.717, 1.165) is 4.47 Å². The van der Waals surface area contributed by atoms with Gasteiger partial charge in [0, 0.05) is 12.5 Å². The molecule has 0 aromatic heterocycles. The number of rotatable bonds is 7. The number of para-hydroxylation sites is 1. The van der Waals surface area contributed by atoms with Crippen LogP contribution < -0.4 is 19.6 Å². The minimum atomic E-state index is -0.765. The zero-order valence-corrected chi connectivity index (χ0v) is 16.6. The van der Waals surface area contributed by atoms with Crippen LogP contribution in [0.1, 0.15) is 19.4 Å². The number of benzene rings is 2. The maximum Gasteiger partial charge on any atom is 0.308 e. The average Bonchev–Trinajstić information content (AvgIpc) is 2.64. The van der Waals surface area contributed by atoms with Crippen LogP contribution in [0, 0.1) is 0 Å². The topological polar surface area (TPSA) is 86.2 Å². The molecule has 8 heteroatoms. The first-order chi connectivity index (χ1) is 12.9. The molecule has 1 atom stereocenters. The van der Waals surface area contributed by atoms with Gasteiger partial charge in [-0.25, -0.2) is 5.43 Å². The Morgan fingerprint density at radius 3 is 2.59 bits per heavy atom. The molecule has 0 aliphatic carbocycles. The molecule has 27 heavy (non-hydrogen) atoms. The Morgan fingerprint density at radius 1 is 1.19 bits per heavy atom. The Morgan fingerprint density at radius 2 is 1.93 bits per heavy atom. The monoisotopic (exact) mass is 434 g/mol. The van der Waals surface area contributed by atoms with Gasteiger partial charge in [0.2, 0.25) is 0 Å². The number of nitrogens with zero attached hydrogens (tertiary/aromatic N) is 1. The van der Waals surface area contributed by atoms with Crippen molar-refractivity contribution in [3.05, 3.63) is 52.5 Å². The first-order valence-electron chi connectivity index (χ1n) is 8.01. The molecule has 1 unspecified atom stereocenters. The molecule has 2 aromatic carbocycles. The molecular formula is C19H19BrN2O5. The van der Waals surface area contributed by atoms with Crippen molar-refractivity contribution in [3.63, 3.8) is 0 Å². The minimum Gasteiger partial charge on any atom is -0.497 e. The third-order valence-electron chi connectivity index (χ3n) is 3.36. The highest BCUT2D eigenvalue weighted by Crippen LogP contribution is 2.25. The van der Waals surface area contributed by atoms with Crippen molar-refractivity contribution in [3.8, 4) is 17.2 Å². The summed E-state index contributed by atoms with van der Waals surface area (Å²) in [6.07, 6.45) is 0.600. The SMILES string of the molecule is COc1ccc(OC(C)=O)c(/C=N/NC(=O)C(C)Oc2ccccc2Br)c1. The average molecular weight is 435 g/mol. The number of esters is 1. The van der Waals surface area contributed by atoms with Crippen LogP contribution in [0.2, 0.25) is 0 Å². The van der Waals surface area contributed by atoms with Crippen LogP contribution in [0.5, 0.6) is 17.2 Å².